The van der Waals surface area contributed by atoms with Crippen LogP contribution in [0.25, 0.3) is 0 Å². The monoisotopic (exact) mass is 343 g/mol. The molecule has 0 aliphatic carbocycles. The van der Waals surface area contributed by atoms with Gasteiger partial charge in [0.05, 0.1) is 17.3 Å². The molecule has 2 aromatic rings. The van der Waals surface area contributed by atoms with Gasteiger partial charge in [0.2, 0.25) is 0 Å². The van der Waals surface area contributed by atoms with Crippen molar-refractivity contribution < 1.29 is 9.53 Å². The second-order valence-corrected chi connectivity index (χ2v) is 7.40. The molecule has 0 aliphatic rings. The minimum Gasteiger partial charge on any atom is -0.482 e. The van der Waals surface area contributed by atoms with Crippen LogP contribution in [-0.4, -0.2) is 17.5 Å². The number of para-hydroxylation sites is 1. The van der Waals surface area contributed by atoms with Crippen LogP contribution in [0.4, 0.5) is 0 Å². The molecule has 24 heavy (non-hydrogen) atoms. The zero-order chi connectivity index (χ0) is 17.7. The van der Waals surface area contributed by atoms with Gasteiger partial charge in [0, 0.05) is 10.8 Å². The van der Waals surface area contributed by atoms with E-state index in [0.29, 0.717) is 11.3 Å². The van der Waals surface area contributed by atoms with Crippen molar-refractivity contribution in [2.45, 2.75) is 39.2 Å². The zero-order valence-electron chi connectivity index (χ0n) is 14.3. The quantitative estimate of drug-likeness (QED) is 0.900. The molecule has 2 rings (SSSR count). The van der Waals surface area contributed by atoms with Crippen LogP contribution in [0.15, 0.2) is 29.6 Å². The summed E-state index contributed by atoms with van der Waals surface area (Å²) in [6, 6.07) is 8.69. The molecule has 0 spiro atoms. The number of carbonyl (C=O) groups is 1. The van der Waals surface area contributed by atoms with Crippen molar-refractivity contribution in [2.75, 3.05) is 6.61 Å². The van der Waals surface area contributed by atoms with Gasteiger partial charge in [0.1, 0.15) is 16.8 Å². The van der Waals surface area contributed by atoms with Crippen LogP contribution < -0.4 is 10.1 Å². The van der Waals surface area contributed by atoms with Gasteiger partial charge < -0.3 is 10.1 Å². The van der Waals surface area contributed by atoms with Crippen molar-refractivity contribution in [1.82, 2.24) is 10.3 Å². The molecule has 1 aromatic heterocycles. The van der Waals surface area contributed by atoms with Crippen molar-refractivity contribution in [3.63, 3.8) is 0 Å². The van der Waals surface area contributed by atoms with Crippen LogP contribution in [0, 0.1) is 11.3 Å². The third-order valence-corrected chi connectivity index (χ3v) is 4.43. The minimum absolute atomic E-state index is 0.0113. The Morgan fingerprint density at radius 3 is 2.75 bits per heavy atom. The maximum Gasteiger partial charge on any atom is 0.258 e. The van der Waals surface area contributed by atoms with E-state index in [1.165, 1.54) is 11.3 Å². The summed E-state index contributed by atoms with van der Waals surface area (Å²) in [5, 5.41) is 14.8. The third kappa shape index (κ3) is 4.56. The van der Waals surface area contributed by atoms with Crippen LogP contribution in [0.5, 0.6) is 5.75 Å². The Balaban J connectivity index is 1.92. The molecule has 1 heterocycles. The highest BCUT2D eigenvalue weighted by atomic mass is 32.1. The fourth-order valence-electron chi connectivity index (χ4n) is 2.00. The molecule has 0 radical (unpaired) electrons. The number of carbonyl (C=O) groups excluding carboxylic acids is 1. The Morgan fingerprint density at radius 2 is 2.12 bits per heavy atom. The van der Waals surface area contributed by atoms with Gasteiger partial charge in [-0.05, 0) is 19.1 Å². The van der Waals surface area contributed by atoms with E-state index in [2.05, 4.69) is 31.1 Å². The van der Waals surface area contributed by atoms with Crippen molar-refractivity contribution in [1.29, 1.82) is 5.26 Å². The summed E-state index contributed by atoms with van der Waals surface area (Å²) in [4.78, 5) is 16.7. The predicted octanol–water partition coefficient (Wildman–Crippen LogP) is 3.57. The molecule has 1 N–H and O–H groups in total. The van der Waals surface area contributed by atoms with E-state index in [1.807, 2.05) is 18.4 Å². The van der Waals surface area contributed by atoms with Crippen LogP contribution >= 0.6 is 11.3 Å². The number of nitrogens with one attached hydrogen (secondary N) is 1. The topological polar surface area (TPSA) is 75.0 Å². The van der Waals surface area contributed by atoms with Crippen molar-refractivity contribution in [3.8, 4) is 11.8 Å². The van der Waals surface area contributed by atoms with Crippen molar-refractivity contribution in [2.24, 2.45) is 0 Å². The van der Waals surface area contributed by atoms with Crippen molar-refractivity contribution >= 4 is 17.2 Å². The normalized spacial score (nSPS) is 12.3. The van der Waals surface area contributed by atoms with Crippen LogP contribution in [0.2, 0.25) is 0 Å². The summed E-state index contributed by atoms with van der Waals surface area (Å²) in [5.74, 6) is 0.162. The first-order chi connectivity index (χ1) is 11.3. The van der Waals surface area contributed by atoms with E-state index in [0.717, 1.165) is 10.7 Å². The van der Waals surface area contributed by atoms with Gasteiger partial charge in [-0.25, -0.2) is 4.98 Å². The van der Waals surface area contributed by atoms with Crippen molar-refractivity contribution in [3.05, 3.63) is 45.9 Å². The Kier molecular flexibility index (Phi) is 5.58. The maximum absolute atomic E-state index is 12.1. The van der Waals surface area contributed by atoms with Gasteiger partial charge in [-0.15, -0.1) is 11.3 Å². The summed E-state index contributed by atoms with van der Waals surface area (Å²) in [6.07, 6.45) is 0. The third-order valence-electron chi connectivity index (χ3n) is 3.40. The fraction of sp³-hybridized carbons (Fsp3) is 0.389. The van der Waals surface area contributed by atoms with E-state index >= 15 is 0 Å². The number of aromatic nitrogens is 1. The Labute approximate surface area is 146 Å². The number of nitrogens with zero attached hydrogens (tertiary/aromatic N) is 2. The minimum atomic E-state index is -0.247. The van der Waals surface area contributed by atoms with Gasteiger partial charge in [-0.3, -0.25) is 4.79 Å². The smallest absolute Gasteiger partial charge is 0.258 e. The van der Waals surface area contributed by atoms with E-state index in [4.69, 9.17) is 10.00 Å². The lowest BCUT2D eigenvalue weighted by Crippen LogP contribution is -2.31. The summed E-state index contributed by atoms with van der Waals surface area (Å²) < 4.78 is 5.43. The fourth-order valence-corrected chi connectivity index (χ4v) is 3.06. The maximum atomic E-state index is 12.1. The lowest BCUT2D eigenvalue weighted by atomic mass is 9.93. The zero-order valence-corrected chi connectivity index (χ0v) is 15.1. The van der Waals surface area contributed by atoms with E-state index < -0.39 is 0 Å². The Morgan fingerprint density at radius 1 is 1.42 bits per heavy atom. The summed E-state index contributed by atoms with van der Waals surface area (Å²) >= 11 is 1.54. The van der Waals surface area contributed by atoms with Crippen LogP contribution in [0.3, 0.4) is 0 Å². The second kappa shape index (κ2) is 7.45. The number of ether oxygens (including phenoxy) is 1. The Hall–Kier alpha value is -2.39. The molecule has 1 aromatic carbocycles. The molecule has 1 atom stereocenters. The molecule has 0 saturated heterocycles. The van der Waals surface area contributed by atoms with Gasteiger partial charge in [0.25, 0.3) is 5.91 Å². The Bertz CT molecular complexity index is 756. The molecule has 5 nitrogen and oxygen atoms in total. The lowest BCUT2D eigenvalue weighted by Gasteiger charge is -2.15. The molecular weight excluding hydrogens is 322 g/mol. The average Bonchev–Trinajstić information content (AvgIpc) is 3.03. The predicted molar refractivity (Wildman–Crippen MR) is 94.0 cm³/mol. The molecule has 0 saturated carbocycles. The number of nitriles is 1. The summed E-state index contributed by atoms with van der Waals surface area (Å²) in [5.41, 5.74) is 1.42. The summed E-state index contributed by atoms with van der Waals surface area (Å²) in [6.45, 7) is 8.08. The molecule has 0 aliphatic heterocycles. The number of hydrogen-bond donors (Lipinski definition) is 1. The molecule has 126 valence electrons. The summed E-state index contributed by atoms with van der Waals surface area (Å²) in [7, 11) is 0. The molecule has 1 amide bonds. The first-order valence-electron chi connectivity index (χ1n) is 7.68. The molecule has 6 heteroatoms. The highest BCUT2D eigenvalue weighted by molar-refractivity contribution is 7.09. The highest BCUT2D eigenvalue weighted by Crippen LogP contribution is 2.26. The van der Waals surface area contributed by atoms with Gasteiger partial charge in [-0.2, -0.15) is 5.26 Å². The van der Waals surface area contributed by atoms with Gasteiger partial charge in [0.15, 0.2) is 6.61 Å². The molecule has 0 fully saturated rings. The van der Waals surface area contributed by atoms with Gasteiger partial charge in [-0.1, -0.05) is 32.9 Å². The standard InChI is InChI=1S/C18H21N3O2S/c1-12(17-21-15(11-24-17)18(2,3)4)20-16(22)10-23-14-8-6-5-7-13(14)9-19/h5-8,11-12H,10H2,1-4H3,(H,20,22)/t12-/m1/s1. The highest BCUT2D eigenvalue weighted by Gasteiger charge is 2.20. The first kappa shape index (κ1) is 18.0. The van der Waals surface area contributed by atoms with E-state index in [1.54, 1.807) is 24.3 Å². The van der Waals surface area contributed by atoms with E-state index in [9.17, 15) is 4.79 Å². The van der Waals surface area contributed by atoms with E-state index in [-0.39, 0.29) is 24.0 Å². The van der Waals surface area contributed by atoms with Crippen LogP contribution in [0.1, 0.15) is 50.0 Å². The number of hydrogen-bond acceptors (Lipinski definition) is 5. The molecular formula is C18H21N3O2S. The average molecular weight is 343 g/mol. The van der Waals surface area contributed by atoms with Gasteiger partial charge >= 0.3 is 0 Å². The number of benzene rings is 1. The first-order valence-corrected chi connectivity index (χ1v) is 8.56. The number of rotatable bonds is 5. The largest absolute Gasteiger partial charge is 0.482 e. The number of amides is 1. The molecule has 0 bridgehead atoms. The SMILES string of the molecule is C[C@@H](NC(=O)COc1ccccc1C#N)c1nc(C(C)(C)C)cs1. The number of thiazole rings is 1. The second-order valence-electron chi connectivity index (χ2n) is 6.51. The van der Waals surface area contributed by atoms with Crippen LogP contribution in [-0.2, 0) is 10.2 Å². The lowest BCUT2D eigenvalue weighted by molar-refractivity contribution is -0.123. The molecule has 0 unspecified atom stereocenters.